The maximum absolute atomic E-state index is 11.5. The predicted molar refractivity (Wildman–Crippen MR) is 84.9 cm³/mol. The number of carbonyl (C=O) groups excluding carboxylic acids is 1. The van der Waals surface area contributed by atoms with Gasteiger partial charge in [-0.2, -0.15) is 0 Å². The van der Waals surface area contributed by atoms with Gasteiger partial charge in [0.1, 0.15) is 0 Å². The molecule has 0 aliphatic heterocycles. The van der Waals surface area contributed by atoms with Crippen molar-refractivity contribution in [3.63, 3.8) is 0 Å². The van der Waals surface area contributed by atoms with Crippen LogP contribution in [0.15, 0.2) is 30.3 Å². The summed E-state index contributed by atoms with van der Waals surface area (Å²) in [6.45, 7) is 2.78. The van der Waals surface area contributed by atoms with E-state index in [0.717, 1.165) is 12.0 Å². The van der Waals surface area contributed by atoms with Crippen molar-refractivity contribution in [3.8, 4) is 0 Å². The maximum Gasteiger partial charge on any atom is 0.310 e. The van der Waals surface area contributed by atoms with E-state index >= 15 is 0 Å². The van der Waals surface area contributed by atoms with Crippen LogP contribution in [0.5, 0.6) is 0 Å². The molecule has 0 aromatic heterocycles. The van der Waals surface area contributed by atoms with Crippen LogP contribution < -0.4 is 0 Å². The van der Waals surface area contributed by atoms with Gasteiger partial charge >= 0.3 is 15.1 Å². The molecule has 0 aliphatic carbocycles. The third kappa shape index (κ3) is 10.7. The van der Waals surface area contributed by atoms with Crippen LogP contribution in [0, 0.1) is 0 Å². The third-order valence-corrected chi connectivity index (χ3v) is 2.95. The van der Waals surface area contributed by atoms with Crippen LogP contribution in [0.1, 0.15) is 51.0 Å². The van der Waals surface area contributed by atoms with Crippen molar-refractivity contribution >= 4 is 15.1 Å². The molecule has 0 bridgehead atoms. The van der Waals surface area contributed by atoms with Crippen LogP contribution in [0.25, 0.3) is 0 Å². The van der Waals surface area contributed by atoms with Crippen molar-refractivity contribution in [2.24, 2.45) is 0 Å². The molecule has 1 aromatic rings. The van der Waals surface area contributed by atoms with Gasteiger partial charge in [-0.1, -0.05) is 73.9 Å². The van der Waals surface area contributed by atoms with Gasteiger partial charge in [-0.15, -0.1) is 0 Å². The van der Waals surface area contributed by atoms with Gasteiger partial charge in [-0.05, 0) is 12.0 Å². The van der Waals surface area contributed by atoms with E-state index < -0.39 is 0 Å². The molecule has 1 rings (SSSR count). The fourth-order valence-corrected chi connectivity index (χ4v) is 1.88. The number of benzene rings is 1. The first kappa shape index (κ1) is 18.8. The monoisotopic (exact) mass is 297 g/mol. The largest absolute Gasteiger partial charge is 0.465 e. The molecular formula is C16H26O3P+. The zero-order valence-corrected chi connectivity index (χ0v) is 13.5. The second-order valence-corrected chi connectivity index (χ2v) is 4.65. The Hall–Kier alpha value is -1.21. The quantitative estimate of drug-likeness (QED) is 0.387. The Bertz CT molecular complexity index is 341. The van der Waals surface area contributed by atoms with Crippen molar-refractivity contribution in [3.05, 3.63) is 35.9 Å². The molecule has 0 aliphatic rings. The summed E-state index contributed by atoms with van der Waals surface area (Å²) < 4.78 is 13.4. The lowest BCUT2D eigenvalue weighted by molar-refractivity contribution is -0.142. The van der Waals surface area contributed by atoms with E-state index in [9.17, 15) is 4.79 Å². The van der Waals surface area contributed by atoms with E-state index in [1.54, 1.807) is 0 Å². The Kier molecular flexibility index (Phi) is 13.3. The summed E-state index contributed by atoms with van der Waals surface area (Å²) in [6.07, 6.45) is 7.68. The van der Waals surface area contributed by atoms with Crippen LogP contribution >= 0.6 is 9.12 Å². The average molecular weight is 297 g/mol. The molecule has 20 heavy (non-hydrogen) atoms. The minimum atomic E-state index is -0.116. The van der Waals surface area contributed by atoms with E-state index in [4.69, 9.17) is 9.30 Å². The molecule has 0 radical (unpaired) electrons. The molecule has 0 amide bonds. The Morgan fingerprint density at radius 1 is 1.00 bits per heavy atom. The van der Waals surface area contributed by atoms with E-state index in [-0.39, 0.29) is 5.97 Å². The summed E-state index contributed by atoms with van der Waals surface area (Å²) in [6, 6.07) is 9.73. The lowest BCUT2D eigenvalue weighted by atomic mass is 10.1. The van der Waals surface area contributed by atoms with Crippen LogP contribution in [-0.2, 0) is 20.5 Å². The molecule has 3 nitrogen and oxygen atoms in total. The fourth-order valence-electron chi connectivity index (χ4n) is 1.88. The zero-order chi connectivity index (χ0) is 15.1. The molecule has 1 unspecified atom stereocenters. The van der Waals surface area contributed by atoms with E-state index in [1.807, 2.05) is 30.3 Å². The number of rotatable bonds is 9. The first-order chi connectivity index (χ1) is 9.83. The molecule has 0 spiro atoms. The molecule has 0 heterocycles. The van der Waals surface area contributed by atoms with Gasteiger partial charge in [0.15, 0.2) is 0 Å². The molecule has 0 saturated heterocycles. The van der Waals surface area contributed by atoms with Crippen molar-refractivity contribution in [2.45, 2.75) is 51.9 Å². The molecular weight excluding hydrogens is 271 g/mol. The number of hydrogen-bond donors (Lipinski definition) is 0. The van der Waals surface area contributed by atoms with Gasteiger partial charge in [0.2, 0.25) is 0 Å². The van der Waals surface area contributed by atoms with Crippen LogP contribution in [-0.4, -0.2) is 12.6 Å². The molecule has 112 valence electrons. The summed E-state index contributed by atoms with van der Waals surface area (Å²) in [7, 11) is 1.17. The molecule has 0 N–H and O–H groups in total. The lowest BCUT2D eigenvalue weighted by Crippen LogP contribution is -2.08. The standard InChI is InChI=1S/C16H24O2.H2OP/c1-2-3-4-5-6-10-13-18-16(17)14-15-11-8-7-9-12-15;1-2/h7-9,11-12H,2-6,10,13-14H2,1H3;2H2/q;+1. The smallest absolute Gasteiger partial charge is 0.310 e. The highest BCUT2D eigenvalue weighted by Gasteiger charge is 2.03. The van der Waals surface area contributed by atoms with Gasteiger partial charge in [-0.25, -0.2) is 0 Å². The van der Waals surface area contributed by atoms with Gasteiger partial charge in [0.25, 0.3) is 0 Å². The van der Waals surface area contributed by atoms with Crippen molar-refractivity contribution < 1.29 is 14.1 Å². The SMILES string of the molecule is CCCCCCCCOC(=O)Cc1ccccc1.O=[PH2+]. The molecule has 1 atom stereocenters. The van der Waals surface area contributed by atoms with E-state index in [2.05, 4.69) is 6.92 Å². The zero-order valence-electron chi connectivity index (χ0n) is 12.3. The maximum atomic E-state index is 11.5. The van der Waals surface area contributed by atoms with E-state index in [1.165, 1.54) is 41.2 Å². The number of hydrogen-bond acceptors (Lipinski definition) is 3. The highest BCUT2D eigenvalue weighted by atomic mass is 31.0. The first-order valence-corrected chi connectivity index (χ1v) is 7.73. The van der Waals surface area contributed by atoms with Crippen molar-refractivity contribution in [1.82, 2.24) is 0 Å². The van der Waals surface area contributed by atoms with Crippen LogP contribution in [0.4, 0.5) is 0 Å². The number of ether oxygens (including phenoxy) is 1. The predicted octanol–water partition coefficient (Wildman–Crippen LogP) is 4.34. The van der Waals surface area contributed by atoms with Crippen molar-refractivity contribution in [2.75, 3.05) is 6.61 Å². The number of carbonyl (C=O) groups is 1. The summed E-state index contributed by atoms with van der Waals surface area (Å²) >= 11 is 0. The minimum absolute atomic E-state index is 0.116. The molecule has 0 saturated carbocycles. The Labute approximate surface area is 124 Å². The first-order valence-electron chi connectivity index (χ1n) is 7.26. The Balaban J connectivity index is 0.00000172. The second kappa shape index (κ2) is 14.2. The topological polar surface area (TPSA) is 43.4 Å². The highest BCUT2D eigenvalue weighted by molar-refractivity contribution is 7.00. The normalized spacial score (nSPS) is 9.45. The van der Waals surface area contributed by atoms with Crippen molar-refractivity contribution in [1.29, 1.82) is 0 Å². The van der Waals surface area contributed by atoms with Gasteiger partial charge in [-0.3, -0.25) is 4.79 Å². The molecule has 0 fully saturated rings. The molecule has 1 aromatic carbocycles. The minimum Gasteiger partial charge on any atom is -0.465 e. The highest BCUT2D eigenvalue weighted by Crippen LogP contribution is 2.06. The number of unbranched alkanes of at least 4 members (excludes halogenated alkanes) is 5. The van der Waals surface area contributed by atoms with Crippen LogP contribution in [0.2, 0.25) is 0 Å². The summed E-state index contributed by atoms with van der Waals surface area (Å²) in [4.78, 5) is 11.5. The Morgan fingerprint density at radius 2 is 1.60 bits per heavy atom. The van der Waals surface area contributed by atoms with E-state index in [0.29, 0.717) is 13.0 Å². The average Bonchev–Trinajstić information content (AvgIpc) is 2.49. The summed E-state index contributed by atoms with van der Waals surface area (Å²) in [5.41, 5.74) is 1.02. The van der Waals surface area contributed by atoms with Crippen LogP contribution in [0.3, 0.4) is 0 Å². The third-order valence-electron chi connectivity index (χ3n) is 2.95. The van der Waals surface area contributed by atoms with Gasteiger partial charge < -0.3 is 4.74 Å². The number of esters is 1. The summed E-state index contributed by atoms with van der Waals surface area (Å²) in [5, 5.41) is 0. The second-order valence-electron chi connectivity index (χ2n) is 4.65. The summed E-state index contributed by atoms with van der Waals surface area (Å²) in [5.74, 6) is -0.116. The van der Waals surface area contributed by atoms with Gasteiger partial charge in [0.05, 0.1) is 13.0 Å². The Morgan fingerprint density at radius 3 is 2.25 bits per heavy atom. The molecule has 4 heteroatoms. The lowest BCUT2D eigenvalue weighted by Gasteiger charge is -2.05. The van der Waals surface area contributed by atoms with Gasteiger partial charge in [0, 0.05) is 0 Å². The fraction of sp³-hybridized carbons (Fsp3) is 0.562.